The molecule has 0 aliphatic carbocycles. The summed E-state index contributed by atoms with van der Waals surface area (Å²) in [4.78, 5) is 32.8. The van der Waals surface area contributed by atoms with Crippen LogP contribution in [0.3, 0.4) is 0 Å². The van der Waals surface area contributed by atoms with E-state index in [1.807, 2.05) is 11.8 Å². The summed E-state index contributed by atoms with van der Waals surface area (Å²) in [5, 5.41) is 3.91. The van der Waals surface area contributed by atoms with Gasteiger partial charge < -0.3 is 10.2 Å². The minimum atomic E-state index is -0.211. The second-order valence-electron chi connectivity index (χ2n) is 6.88. The van der Waals surface area contributed by atoms with Crippen LogP contribution >= 0.6 is 35.7 Å². The van der Waals surface area contributed by atoms with Gasteiger partial charge in [-0.1, -0.05) is 26.0 Å². The van der Waals surface area contributed by atoms with E-state index < -0.39 is 0 Å². The van der Waals surface area contributed by atoms with Crippen molar-refractivity contribution in [2.75, 3.05) is 39.0 Å². The first-order chi connectivity index (χ1) is 12.5. The van der Waals surface area contributed by atoms with Crippen molar-refractivity contribution in [2.24, 2.45) is 10.9 Å². The number of imide groups is 1. The lowest BCUT2D eigenvalue weighted by molar-refractivity contribution is 0.0657. The topological polar surface area (TPSA) is 65.0 Å². The van der Waals surface area contributed by atoms with Gasteiger partial charge in [0.2, 0.25) is 0 Å². The number of fused-ring (bicyclic) bond motifs is 1. The Kier molecular flexibility index (Phi) is 7.96. The summed E-state index contributed by atoms with van der Waals surface area (Å²) >= 11 is 2.02. The number of amides is 2. The Bertz CT molecular complexity index is 690. The predicted molar refractivity (Wildman–Crippen MR) is 121 cm³/mol. The summed E-state index contributed by atoms with van der Waals surface area (Å²) in [6.45, 7) is 7.25. The lowest BCUT2D eigenvalue weighted by atomic mass is 10.1. The van der Waals surface area contributed by atoms with Gasteiger partial charge in [0.1, 0.15) is 0 Å². The predicted octanol–water partition coefficient (Wildman–Crippen LogP) is 2.55. The zero-order valence-corrected chi connectivity index (χ0v) is 19.1. The fraction of sp³-hybridized carbons (Fsp3) is 0.526. The van der Waals surface area contributed by atoms with Gasteiger partial charge >= 0.3 is 0 Å². The van der Waals surface area contributed by atoms with Crippen LogP contribution < -0.4 is 5.32 Å². The molecule has 2 aliphatic heterocycles. The van der Waals surface area contributed by atoms with Gasteiger partial charge in [0.15, 0.2) is 5.96 Å². The quantitative estimate of drug-likeness (QED) is 0.297. The van der Waals surface area contributed by atoms with Crippen molar-refractivity contribution in [3.8, 4) is 0 Å². The third-order valence-electron chi connectivity index (χ3n) is 4.85. The maximum Gasteiger partial charge on any atom is 0.261 e. The van der Waals surface area contributed by atoms with E-state index >= 15 is 0 Å². The van der Waals surface area contributed by atoms with E-state index in [0.717, 1.165) is 24.8 Å². The summed E-state index contributed by atoms with van der Waals surface area (Å²) in [5.74, 6) is 2.13. The highest BCUT2D eigenvalue weighted by molar-refractivity contribution is 14.0. The van der Waals surface area contributed by atoms with Crippen LogP contribution in [-0.2, 0) is 0 Å². The van der Waals surface area contributed by atoms with Crippen molar-refractivity contribution >= 4 is 53.5 Å². The Morgan fingerprint density at radius 1 is 1.26 bits per heavy atom. The first-order valence-electron chi connectivity index (χ1n) is 9.05. The molecule has 2 aliphatic rings. The summed E-state index contributed by atoms with van der Waals surface area (Å²) in [5.41, 5.74) is 0.990. The van der Waals surface area contributed by atoms with Crippen LogP contribution in [0.5, 0.6) is 0 Å². The SMILES string of the molecule is CN=C(NCCN1C(=O)c2ccccc2C1=O)N1CCSC(C(C)C)C1.I. The number of carbonyl (C=O) groups is 2. The van der Waals surface area contributed by atoms with Gasteiger partial charge in [-0.15, -0.1) is 24.0 Å². The number of nitrogens with zero attached hydrogens (tertiary/aromatic N) is 3. The average molecular weight is 502 g/mol. The molecule has 2 amide bonds. The zero-order valence-electron chi connectivity index (χ0n) is 16.0. The molecule has 8 heteroatoms. The van der Waals surface area contributed by atoms with Gasteiger partial charge in [0.05, 0.1) is 11.1 Å². The number of guanidine groups is 1. The summed E-state index contributed by atoms with van der Waals surface area (Å²) in [6.07, 6.45) is 0. The Morgan fingerprint density at radius 2 is 1.89 bits per heavy atom. The standard InChI is InChI=1S/C19H26N4O2S.HI/c1-13(2)16-12-22(10-11-26-16)19(20-3)21-8-9-23-17(24)14-6-4-5-7-15(14)18(23)25;/h4-7,13,16H,8-12H2,1-3H3,(H,20,21);1H. The molecule has 0 radical (unpaired) electrons. The molecular formula is C19H27IN4O2S. The first-order valence-corrected chi connectivity index (χ1v) is 10.1. The zero-order chi connectivity index (χ0) is 18.7. The minimum Gasteiger partial charge on any atom is -0.354 e. The van der Waals surface area contributed by atoms with Crippen molar-refractivity contribution in [3.63, 3.8) is 0 Å². The molecule has 1 fully saturated rings. The molecule has 0 aromatic heterocycles. The second-order valence-corrected chi connectivity index (χ2v) is 8.23. The molecule has 1 saturated heterocycles. The molecule has 1 unspecified atom stereocenters. The first kappa shape index (κ1) is 22.0. The van der Waals surface area contributed by atoms with E-state index in [-0.39, 0.29) is 35.8 Å². The number of hydrogen-bond donors (Lipinski definition) is 1. The number of nitrogens with one attached hydrogen (secondary N) is 1. The van der Waals surface area contributed by atoms with Crippen molar-refractivity contribution < 1.29 is 9.59 Å². The van der Waals surface area contributed by atoms with Crippen LogP contribution in [0.25, 0.3) is 0 Å². The Balaban J connectivity index is 0.00000261. The van der Waals surface area contributed by atoms with E-state index in [9.17, 15) is 9.59 Å². The van der Waals surface area contributed by atoms with Crippen molar-refractivity contribution in [2.45, 2.75) is 19.1 Å². The molecule has 1 aromatic carbocycles. The van der Waals surface area contributed by atoms with Crippen molar-refractivity contribution in [3.05, 3.63) is 35.4 Å². The van der Waals surface area contributed by atoms with Crippen molar-refractivity contribution in [1.29, 1.82) is 0 Å². The van der Waals surface area contributed by atoms with Crippen LogP contribution in [-0.4, -0.2) is 71.8 Å². The number of aliphatic imine (C=N–C) groups is 1. The van der Waals surface area contributed by atoms with Gasteiger partial charge in [-0.2, -0.15) is 11.8 Å². The third kappa shape index (κ3) is 4.77. The van der Waals surface area contributed by atoms with E-state index in [2.05, 4.69) is 29.1 Å². The Morgan fingerprint density at radius 3 is 2.44 bits per heavy atom. The van der Waals surface area contributed by atoms with Crippen LogP contribution in [0.15, 0.2) is 29.3 Å². The van der Waals surface area contributed by atoms with Gasteiger partial charge in [0.25, 0.3) is 11.8 Å². The highest BCUT2D eigenvalue weighted by Crippen LogP contribution is 2.25. The third-order valence-corrected chi connectivity index (χ3v) is 6.38. The Labute approximate surface area is 182 Å². The number of halogens is 1. The van der Waals surface area contributed by atoms with Crippen LogP contribution in [0.4, 0.5) is 0 Å². The van der Waals surface area contributed by atoms with Gasteiger partial charge in [0, 0.05) is 44.2 Å². The van der Waals surface area contributed by atoms with E-state index in [1.165, 1.54) is 4.90 Å². The fourth-order valence-electron chi connectivity index (χ4n) is 3.33. The minimum absolute atomic E-state index is 0. The normalized spacial score (nSPS) is 20.0. The lowest BCUT2D eigenvalue weighted by Crippen LogP contribution is -2.50. The van der Waals surface area contributed by atoms with Crippen molar-refractivity contribution in [1.82, 2.24) is 15.1 Å². The number of hydrogen-bond acceptors (Lipinski definition) is 4. The van der Waals surface area contributed by atoms with E-state index in [4.69, 9.17) is 0 Å². The molecule has 6 nitrogen and oxygen atoms in total. The molecule has 2 heterocycles. The molecule has 1 N–H and O–H groups in total. The van der Waals surface area contributed by atoms with Crippen LogP contribution in [0.2, 0.25) is 0 Å². The molecule has 1 aromatic rings. The lowest BCUT2D eigenvalue weighted by Gasteiger charge is -2.36. The maximum atomic E-state index is 12.4. The Hall–Kier alpha value is -1.29. The molecule has 0 saturated carbocycles. The molecular weight excluding hydrogens is 475 g/mol. The molecule has 148 valence electrons. The average Bonchev–Trinajstić information content (AvgIpc) is 2.90. The maximum absolute atomic E-state index is 12.4. The second kappa shape index (κ2) is 9.77. The molecule has 1 atom stereocenters. The summed E-state index contributed by atoms with van der Waals surface area (Å²) in [7, 11) is 1.77. The molecule has 0 bridgehead atoms. The van der Waals surface area contributed by atoms with Crippen LogP contribution in [0, 0.1) is 5.92 Å². The van der Waals surface area contributed by atoms with E-state index in [1.54, 1.807) is 31.3 Å². The smallest absolute Gasteiger partial charge is 0.261 e. The monoisotopic (exact) mass is 502 g/mol. The largest absolute Gasteiger partial charge is 0.354 e. The van der Waals surface area contributed by atoms with E-state index in [0.29, 0.717) is 35.4 Å². The van der Waals surface area contributed by atoms with Gasteiger partial charge in [-0.25, -0.2) is 0 Å². The van der Waals surface area contributed by atoms with Gasteiger partial charge in [-0.05, 0) is 18.1 Å². The number of carbonyl (C=O) groups excluding carboxylic acids is 2. The highest BCUT2D eigenvalue weighted by atomic mass is 127. The summed E-state index contributed by atoms with van der Waals surface area (Å²) in [6, 6.07) is 6.99. The van der Waals surface area contributed by atoms with Crippen LogP contribution in [0.1, 0.15) is 34.6 Å². The number of thioether (sulfide) groups is 1. The fourth-order valence-corrected chi connectivity index (χ4v) is 4.62. The number of rotatable bonds is 4. The molecule has 0 spiro atoms. The summed E-state index contributed by atoms with van der Waals surface area (Å²) < 4.78 is 0. The number of benzene rings is 1. The highest BCUT2D eigenvalue weighted by Gasteiger charge is 2.34. The molecule has 3 rings (SSSR count). The molecule has 27 heavy (non-hydrogen) atoms. The van der Waals surface area contributed by atoms with Gasteiger partial charge in [-0.3, -0.25) is 19.5 Å².